The zero-order chi connectivity index (χ0) is 14.7. The van der Waals surface area contributed by atoms with Gasteiger partial charge >= 0.3 is 0 Å². The van der Waals surface area contributed by atoms with E-state index in [-0.39, 0.29) is 5.91 Å². The van der Waals surface area contributed by atoms with E-state index < -0.39 is 0 Å². The summed E-state index contributed by atoms with van der Waals surface area (Å²) >= 11 is 3.45. The Morgan fingerprint density at radius 1 is 1.45 bits per heavy atom. The zero-order valence-electron chi connectivity index (χ0n) is 12.0. The molecule has 0 aliphatic carbocycles. The Kier molecular flexibility index (Phi) is 4.83. The van der Waals surface area contributed by atoms with Crippen molar-refractivity contribution in [1.82, 2.24) is 10.2 Å². The molecule has 0 bridgehead atoms. The molecule has 1 saturated heterocycles. The Bertz CT molecular complexity index is 549. The first kappa shape index (κ1) is 15.1. The number of carbonyl (C=O) groups excluding carboxylic acids is 1. The average Bonchev–Trinajstić information content (AvgIpc) is 2.36. The summed E-state index contributed by atoms with van der Waals surface area (Å²) < 4.78 is 6.32. The quantitative estimate of drug-likeness (QED) is 0.856. The van der Waals surface area contributed by atoms with E-state index in [2.05, 4.69) is 21.2 Å². The van der Waals surface area contributed by atoms with Crippen LogP contribution in [0.1, 0.15) is 12.5 Å². The summed E-state index contributed by atoms with van der Waals surface area (Å²) in [5.41, 5.74) is 3.03. The van der Waals surface area contributed by atoms with Crippen LogP contribution in [0.15, 0.2) is 33.8 Å². The van der Waals surface area contributed by atoms with Crippen LogP contribution in [0.3, 0.4) is 0 Å². The van der Waals surface area contributed by atoms with Crippen LogP contribution in [0.4, 0.5) is 0 Å². The first-order valence-electron chi connectivity index (χ1n) is 6.50. The topological polar surface area (TPSA) is 41.6 Å². The number of hydrogen-bond acceptors (Lipinski definition) is 3. The fraction of sp³-hybridized carbons (Fsp3) is 0.400. The molecule has 1 aliphatic heterocycles. The van der Waals surface area contributed by atoms with Crippen LogP contribution in [-0.4, -0.2) is 38.1 Å². The van der Waals surface area contributed by atoms with Crippen LogP contribution in [0.2, 0.25) is 0 Å². The molecule has 20 heavy (non-hydrogen) atoms. The van der Waals surface area contributed by atoms with Crippen molar-refractivity contribution in [3.05, 3.63) is 39.4 Å². The third kappa shape index (κ3) is 3.22. The van der Waals surface area contributed by atoms with Gasteiger partial charge in [-0.25, -0.2) is 0 Å². The molecule has 1 fully saturated rings. The van der Waals surface area contributed by atoms with Gasteiger partial charge in [0.25, 0.3) is 0 Å². The number of amides is 1. The smallest absolute Gasteiger partial charge is 0.249 e. The number of rotatable bonds is 4. The summed E-state index contributed by atoms with van der Waals surface area (Å²) in [6, 6.07) is 5.81. The molecule has 0 saturated carbocycles. The second-order valence-corrected chi connectivity index (χ2v) is 5.87. The Morgan fingerprint density at radius 2 is 2.15 bits per heavy atom. The molecule has 1 amide bonds. The second-order valence-electron chi connectivity index (χ2n) is 4.95. The highest BCUT2D eigenvalue weighted by atomic mass is 79.9. The van der Waals surface area contributed by atoms with E-state index in [1.807, 2.05) is 32.2 Å². The molecule has 1 heterocycles. The first-order chi connectivity index (χ1) is 9.52. The maximum absolute atomic E-state index is 12.4. The molecule has 1 aromatic carbocycles. The van der Waals surface area contributed by atoms with E-state index in [0.717, 1.165) is 34.4 Å². The Hall–Kier alpha value is -1.33. The Morgan fingerprint density at radius 3 is 2.70 bits per heavy atom. The second kappa shape index (κ2) is 6.41. The van der Waals surface area contributed by atoms with E-state index in [9.17, 15) is 4.79 Å². The van der Waals surface area contributed by atoms with Gasteiger partial charge in [-0.15, -0.1) is 0 Å². The van der Waals surface area contributed by atoms with Crippen molar-refractivity contribution >= 4 is 21.8 Å². The highest BCUT2D eigenvalue weighted by molar-refractivity contribution is 9.10. The molecule has 108 valence electrons. The number of carbonyl (C=O) groups is 1. The van der Waals surface area contributed by atoms with E-state index in [1.165, 1.54) is 5.57 Å². The number of nitrogens with one attached hydrogen (secondary N) is 1. The lowest BCUT2D eigenvalue weighted by Gasteiger charge is -2.25. The van der Waals surface area contributed by atoms with Crippen molar-refractivity contribution < 1.29 is 9.53 Å². The fourth-order valence-electron chi connectivity index (χ4n) is 2.15. The summed E-state index contributed by atoms with van der Waals surface area (Å²) in [5.74, 6) is 0.868. The largest absolute Gasteiger partial charge is 0.496 e. The van der Waals surface area contributed by atoms with Gasteiger partial charge in [0.1, 0.15) is 5.75 Å². The normalized spacial score (nSPS) is 13.7. The van der Waals surface area contributed by atoms with E-state index in [1.54, 1.807) is 12.0 Å². The lowest BCUT2D eigenvalue weighted by atomic mass is 10.0. The maximum atomic E-state index is 12.4. The number of likely N-dealkylation sites (N-methyl/N-ethyl adjacent to an activating group) is 1. The van der Waals surface area contributed by atoms with Crippen LogP contribution in [0, 0.1) is 0 Å². The third-order valence-corrected chi connectivity index (χ3v) is 4.02. The SMILES string of the molecule is COc1ccc(Br)cc1CN(C)C(=O)C(C)=C1CNC1. The molecule has 4 nitrogen and oxygen atoms in total. The molecule has 1 N–H and O–H groups in total. The summed E-state index contributed by atoms with van der Waals surface area (Å²) in [4.78, 5) is 14.1. The maximum Gasteiger partial charge on any atom is 0.249 e. The van der Waals surface area contributed by atoms with Crippen molar-refractivity contribution in [3.8, 4) is 5.75 Å². The van der Waals surface area contributed by atoms with Gasteiger partial charge in [-0.3, -0.25) is 4.79 Å². The molecule has 0 atom stereocenters. The van der Waals surface area contributed by atoms with Gasteiger partial charge < -0.3 is 15.0 Å². The fourth-order valence-corrected chi connectivity index (χ4v) is 2.56. The van der Waals surface area contributed by atoms with Crippen molar-refractivity contribution in [2.24, 2.45) is 0 Å². The Labute approximate surface area is 127 Å². The molecule has 5 heteroatoms. The van der Waals surface area contributed by atoms with Crippen LogP contribution in [-0.2, 0) is 11.3 Å². The summed E-state index contributed by atoms with van der Waals surface area (Å²) in [7, 11) is 3.46. The van der Waals surface area contributed by atoms with Crippen molar-refractivity contribution in [3.63, 3.8) is 0 Å². The highest BCUT2D eigenvalue weighted by Crippen LogP contribution is 2.24. The third-order valence-electron chi connectivity index (χ3n) is 3.52. The number of halogens is 1. The first-order valence-corrected chi connectivity index (χ1v) is 7.29. The molecule has 2 rings (SSSR count). The molecule has 0 unspecified atom stereocenters. The molecule has 1 aliphatic rings. The minimum atomic E-state index is 0.0727. The van der Waals surface area contributed by atoms with E-state index in [4.69, 9.17) is 4.74 Å². The molecule has 0 spiro atoms. The number of hydrogen-bond donors (Lipinski definition) is 1. The van der Waals surface area contributed by atoms with Crippen molar-refractivity contribution in [2.75, 3.05) is 27.2 Å². The van der Waals surface area contributed by atoms with Gasteiger partial charge in [-0.2, -0.15) is 0 Å². The van der Waals surface area contributed by atoms with Crippen molar-refractivity contribution in [1.29, 1.82) is 0 Å². The predicted molar refractivity (Wildman–Crippen MR) is 82.7 cm³/mol. The van der Waals surface area contributed by atoms with Gasteiger partial charge in [-0.1, -0.05) is 15.9 Å². The lowest BCUT2D eigenvalue weighted by molar-refractivity contribution is -0.126. The minimum absolute atomic E-state index is 0.0727. The standard InChI is InChI=1S/C15H19BrN2O2/c1-10(12-7-17-8-12)15(19)18(2)9-11-6-13(16)4-5-14(11)20-3/h4-6,17H,7-9H2,1-3H3. The van der Waals surface area contributed by atoms with E-state index in [0.29, 0.717) is 6.54 Å². The lowest BCUT2D eigenvalue weighted by Crippen LogP contribution is -2.38. The van der Waals surface area contributed by atoms with Crippen LogP contribution in [0.5, 0.6) is 5.75 Å². The van der Waals surface area contributed by atoms with Gasteiger partial charge in [0.2, 0.25) is 5.91 Å². The van der Waals surface area contributed by atoms with Gasteiger partial charge in [0.15, 0.2) is 0 Å². The van der Waals surface area contributed by atoms with Gasteiger partial charge in [-0.05, 0) is 30.7 Å². The number of ether oxygens (including phenoxy) is 1. The van der Waals surface area contributed by atoms with Gasteiger partial charge in [0, 0.05) is 42.3 Å². The van der Waals surface area contributed by atoms with Gasteiger partial charge in [0.05, 0.1) is 7.11 Å². The zero-order valence-corrected chi connectivity index (χ0v) is 13.6. The number of methoxy groups -OCH3 is 1. The highest BCUT2D eigenvalue weighted by Gasteiger charge is 2.19. The molecule has 1 aromatic rings. The van der Waals surface area contributed by atoms with Crippen LogP contribution in [0.25, 0.3) is 0 Å². The Balaban J connectivity index is 2.13. The summed E-state index contributed by atoms with van der Waals surface area (Å²) in [6.45, 7) is 4.07. The summed E-state index contributed by atoms with van der Waals surface area (Å²) in [5, 5.41) is 3.16. The van der Waals surface area contributed by atoms with E-state index >= 15 is 0 Å². The van der Waals surface area contributed by atoms with Crippen molar-refractivity contribution in [2.45, 2.75) is 13.5 Å². The van der Waals surface area contributed by atoms with Crippen LogP contribution < -0.4 is 10.1 Å². The van der Waals surface area contributed by atoms with Crippen LogP contribution >= 0.6 is 15.9 Å². The summed E-state index contributed by atoms with van der Waals surface area (Å²) in [6.07, 6.45) is 0. The molecule has 0 radical (unpaired) electrons. The average molecular weight is 339 g/mol. The molecular weight excluding hydrogens is 320 g/mol. The minimum Gasteiger partial charge on any atom is -0.496 e. The molecule has 0 aromatic heterocycles. The monoisotopic (exact) mass is 338 g/mol. The number of nitrogens with zero attached hydrogens (tertiary/aromatic N) is 1. The molecular formula is C15H19BrN2O2. The predicted octanol–water partition coefficient (Wildman–Crippen LogP) is 2.34. The number of benzene rings is 1.